The third kappa shape index (κ3) is 4.10. The van der Waals surface area contributed by atoms with Crippen LogP contribution in [0.4, 0.5) is 11.6 Å². The number of halogens is 1. The highest BCUT2D eigenvalue weighted by molar-refractivity contribution is 6.30. The molecule has 4 rings (SSSR count). The molecule has 152 valence electrons. The number of pyridine rings is 1. The van der Waals surface area contributed by atoms with Crippen LogP contribution in [-0.4, -0.2) is 31.4 Å². The molecular formula is C21H19ClN6O2. The summed E-state index contributed by atoms with van der Waals surface area (Å²) in [6.45, 7) is 0.336. The van der Waals surface area contributed by atoms with Crippen molar-refractivity contribution in [3.05, 3.63) is 82.0 Å². The number of hydrogen-bond acceptors (Lipinski definition) is 6. The van der Waals surface area contributed by atoms with Crippen LogP contribution in [0.5, 0.6) is 0 Å². The van der Waals surface area contributed by atoms with Crippen molar-refractivity contribution >= 4 is 23.2 Å². The third-order valence-electron chi connectivity index (χ3n) is 4.50. The van der Waals surface area contributed by atoms with Crippen LogP contribution < -0.4 is 10.9 Å². The number of ether oxygens (including phenoxy) is 1. The average molecular weight is 423 g/mol. The van der Waals surface area contributed by atoms with Crippen molar-refractivity contribution in [1.29, 1.82) is 0 Å². The molecule has 0 saturated heterocycles. The van der Waals surface area contributed by atoms with Gasteiger partial charge in [-0.15, -0.1) is 0 Å². The molecule has 0 spiro atoms. The molecule has 9 heteroatoms. The Hall–Kier alpha value is -3.49. The first-order valence-electron chi connectivity index (χ1n) is 9.14. The summed E-state index contributed by atoms with van der Waals surface area (Å²) in [5.41, 5.74) is 2.86. The fraction of sp³-hybridized carbons (Fsp3) is 0.143. The fourth-order valence-corrected chi connectivity index (χ4v) is 3.28. The van der Waals surface area contributed by atoms with Crippen molar-refractivity contribution in [2.75, 3.05) is 12.4 Å². The van der Waals surface area contributed by atoms with Crippen LogP contribution in [0, 0.1) is 0 Å². The number of methoxy groups -OCH3 is 1. The summed E-state index contributed by atoms with van der Waals surface area (Å²) in [5, 5.41) is 3.76. The highest BCUT2D eigenvalue weighted by Gasteiger charge is 2.12. The first-order chi connectivity index (χ1) is 14.5. The van der Waals surface area contributed by atoms with Crippen molar-refractivity contribution < 1.29 is 4.74 Å². The molecule has 0 unspecified atom stereocenters. The van der Waals surface area contributed by atoms with Gasteiger partial charge < -0.3 is 10.1 Å². The number of aromatic nitrogens is 5. The molecule has 3 heterocycles. The summed E-state index contributed by atoms with van der Waals surface area (Å²) in [6, 6.07) is 14.3. The van der Waals surface area contributed by atoms with Gasteiger partial charge in [0, 0.05) is 48.9 Å². The molecule has 0 aliphatic heterocycles. The predicted octanol–water partition coefficient (Wildman–Crippen LogP) is 3.57. The molecule has 4 aromatic rings. The first kappa shape index (κ1) is 19.8. The maximum absolute atomic E-state index is 12.5. The van der Waals surface area contributed by atoms with E-state index < -0.39 is 0 Å². The predicted molar refractivity (Wildman–Crippen MR) is 115 cm³/mol. The van der Waals surface area contributed by atoms with E-state index in [9.17, 15) is 4.79 Å². The van der Waals surface area contributed by atoms with Crippen molar-refractivity contribution in [1.82, 2.24) is 24.3 Å². The fourth-order valence-electron chi connectivity index (χ4n) is 3.09. The van der Waals surface area contributed by atoms with Crippen LogP contribution >= 0.6 is 11.6 Å². The van der Waals surface area contributed by atoms with E-state index in [0.717, 1.165) is 16.9 Å². The quantitative estimate of drug-likeness (QED) is 0.511. The smallest absolute Gasteiger partial charge is 0.273 e. The summed E-state index contributed by atoms with van der Waals surface area (Å²) in [4.78, 5) is 25.7. The van der Waals surface area contributed by atoms with Crippen LogP contribution in [0.2, 0.25) is 5.02 Å². The maximum atomic E-state index is 12.5. The van der Waals surface area contributed by atoms with Gasteiger partial charge in [-0.2, -0.15) is 4.68 Å². The Morgan fingerprint density at radius 1 is 1.10 bits per heavy atom. The first-order valence-corrected chi connectivity index (χ1v) is 9.52. The van der Waals surface area contributed by atoms with Crippen molar-refractivity contribution in [2.45, 2.75) is 6.61 Å². The second kappa shape index (κ2) is 8.48. The zero-order chi connectivity index (χ0) is 21.1. The Bertz CT molecular complexity index is 1250. The summed E-state index contributed by atoms with van der Waals surface area (Å²) in [6.07, 6.45) is 3.31. The SMILES string of the molecule is COCc1cc(=O)n(-c2cc(-c3ccnc(Nc4cccc(Cl)c4)n3)ccn2)n1C. The third-order valence-corrected chi connectivity index (χ3v) is 4.74. The summed E-state index contributed by atoms with van der Waals surface area (Å²) in [7, 11) is 3.38. The molecule has 0 aliphatic rings. The average Bonchev–Trinajstić information content (AvgIpc) is 3.02. The van der Waals surface area contributed by atoms with Gasteiger partial charge in [-0.3, -0.25) is 9.48 Å². The van der Waals surface area contributed by atoms with Crippen molar-refractivity contribution in [3.8, 4) is 17.1 Å². The highest BCUT2D eigenvalue weighted by atomic mass is 35.5. The Balaban J connectivity index is 1.67. The molecular weight excluding hydrogens is 404 g/mol. The lowest BCUT2D eigenvalue weighted by molar-refractivity contribution is 0.177. The molecule has 8 nitrogen and oxygen atoms in total. The normalized spacial score (nSPS) is 10.9. The Morgan fingerprint density at radius 2 is 1.93 bits per heavy atom. The van der Waals surface area contributed by atoms with Crippen LogP contribution in [0.25, 0.3) is 17.1 Å². The van der Waals surface area contributed by atoms with E-state index in [0.29, 0.717) is 29.1 Å². The Morgan fingerprint density at radius 3 is 2.73 bits per heavy atom. The molecule has 0 saturated carbocycles. The summed E-state index contributed by atoms with van der Waals surface area (Å²) in [5.74, 6) is 0.928. The van der Waals surface area contributed by atoms with Gasteiger partial charge >= 0.3 is 0 Å². The Kier molecular flexibility index (Phi) is 5.60. The molecule has 0 atom stereocenters. The van der Waals surface area contributed by atoms with E-state index >= 15 is 0 Å². The van der Waals surface area contributed by atoms with E-state index in [-0.39, 0.29) is 5.56 Å². The van der Waals surface area contributed by atoms with E-state index in [1.54, 1.807) is 49.4 Å². The number of rotatable bonds is 6. The zero-order valence-corrected chi connectivity index (χ0v) is 17.2. The highest BCUT2D eigenvalue weighted by Crippen LogP contribution is 2.22. The molecule has 0 fully saturated rings. The van der Waals surface area contributed by atoms with Crippen LogP contribution in [0.3, 0.4) is 0 Å². The van der Waals surface area contributed by atoms with E-state index in [1.807, 2.05) is 24.3 Å². The minimum atomic E-state index is -0.180. The lowest BCUT2D eigenvalue weighted by Crippen LogP contribution is -2.20. The van der Waals surface area contributed by atoms with Gasteiger partial charge in [0.2, 0.25) is 5.95 Å². The number of nitrogens with zero attached hydrogens (tertiary/aromatic N) is 5. The maximum Gasteiger partial charge on any atom is 0.273 e. The van der Waals surface area contributed by atoms with Gasteiger partial charge in [0.1, 0.15) is 0 Å². The number of anilines is 2. The van der Waals surface area contributed by atoms with Gasteiger partial charge in [0.15, 0.2) is 5.82 Å². The molecule has 3 aromatic heterocycles. The number of hydrogen-bond donors (Lipinski definition) is 1. The molecule has 1 aromatic carbocycles. The van der Waals surface area contributed by atoms with Crippen LogP contribution in [0.1, 0.15) is 5.69 Å². The van der Waals surface area contributed by atoms with Gasteiger partial charge in [-0.25, -0.2) is 15.0 Å². The second-order valence-electron chi connectivity index (χ2n) is 6.55. The van der Waals surface area contributed by atoms with Gasteiger partial charge in [-0.05, 0) is 36.4 Å². The van der Waals surface area contributed by atoms with Crippen LogP contribution in [0.15, 0.2) is 65.7 Å². The van der Waals surface area contributed by atoms with E-state index in [1.165, 1.54) is 10.7 Å². The second-order valence-corrected chi connectivity index (χ2v) is 6.98. The molecule has 0 aliphatic carbocycles. The molecule has 0 amide bonds. The monoisotopic (exact) mass is 422 g/mol. The zero-order valence-electron chi connectivity index (χ0n) is 16.4. The molecule has 0 bridgehead atoms. The molecule has 0 radical (unpaired) electrons. The Labute approximate surface area is 177 Å². The lowest BCUT2D eigenvalue weighted by atomic mass is 10.2. The van der Waals surface area contributed by atoms with Gasteiger partial charge in [-0.1, -0.05) is 17.7 Å². The molecule has 1 N–H and O–H groups in total. The van der Waals surface area contributed by atoms with E-state index in [2.05, 4.69) is 20.3 Å². The van der Waals surface area contributed by atoms with Crippen molar-refractivity contribution in [3.63, 3.8) is 0 Å². The standard InChI is InChI=1S/C21H19ClN6O2/c1-27-17(13-30-2)12-20(29)28(27)19-10-14(6-8-23-19)18-7-9-24-21(26-18)25-16-5-3-4-15(22)11-16/h3-12H,13H2,1-2H3,(H,24,25,26). The van der Waals surface area contributed by atoms with Crippen molar-refractivity contribution in [2.24, 2.45) is 7.05 Å². The minimum Gasteiger partial charge on any atom is -0.378 e. The van der Waals surface area contributed by atoms with Crippen LogP contribution in [-0.2, 0) is 18.4 Å². The largest absolute Gasteiger partial charge is 0.378 e. The topological polar surface area (TPSA) is 86.9 Å². The number of nitrogens with one attached hydrogen (secondary N) is 1. The minimum absolute atomic E-state index is 0.180. The summed E-state index contributed by atoms with van der Waals surface area (Å²) >= 11 is 6.04. The van der Waals surface area contributed by atoms with E-state index in [4.69, 9.17) is 16.3 Å². The molecule has 30 heavy (non-hydrogen) atoms. The number of benzene rings is 1. The lowest BCUT2D eigenvalue weighted by Gasteiger charge is -2.11. The van der Waals surface area contributed by atoms with Gasteiger partial charge in [0.25, 0.3) is 5.56 Å². The summed E-state index contributed by atoms with van der Waals surface area (Å²) < 4.78 is 8.37. The van der Waals surface area contributed by atoms with Gasteiger partial charge in [0.05, 0.1) is 18.0 Å².